The Balaban J connectivity index is 1.41. The van der Waals surface area contributed by atoms with E-state index in [-0.39, 0.29) is 0 Å². The van der Waals surface area contributed by atoms with Crippen molar-refractivity contribution in [3.8, 4) is 11.3 Å². The van der Waals surface area contributed by atoms with E-state index in [0.717, 1.165) is 60.2 Å². The molecule has 4 heterocycles. The molecule has 3 aromatic heterocycles. The van der Waals surface area contributed by atoms with E-state index in [1.54, 1.807) is 12.4 Å². The van der Waals surface area contributed by atoms with Crippen LogP contribution in [0, 0.1) is 19.8 Å². The van der Waals surface area contributed by atoms with Crippen LogP contribution < -0.4 is 0 Å². The normalized spacial score (nSPS) is 17.7. The van der Waals surface area contributed by atoms with Gasteiger partial charge in [0.1, 0.15) is 5.76 Å². The van der Waals surface area contributed by atoms with Crippen LogP contribution in [0.2, 0.25) is 0 Å². The number of likely N-dealkylation sites (tertiary alicyclic amines) is 1. The van der Waals surface area contributed by atoms with Crippen LogP contribution in [0.15, 0.2) is 41.3 Å². The SMILES string of the molecule is Cc1noc(C)c1-c1cccc(C[C@@H]2CCN(Cc3cnccn3)C2)n1. The predicted molar refractivity (Wildman–Crippen MR) is 98.3 cm³/mol. The molecule has 6 heteroatoms. The first kappa shape index (κ1) is 16.8. The lowest BCUT2D eigenvalue weighted by molar-refractivity contribution is 0.312. The highest BCUT2D eigenvalue weighted by Gasteiger charge is 2.23. The molecule has 0 N–H and O–H groups in total. The topological polar surface area (TPSA) is 67.9 Å². The first-order chi connectivity index (χ1) is 12.7. The Bertz CT molecular complexity index is 857. The summed E-state index contributed by atoms with van der Waals surface area (Å²) in [6, 6.07) is 6.23. The quantitative estimate of drug-likeness (QED) is 0.704. The maximum absolute atomic E-state index is 5.29. The smallest absolute Gasteiger partial charge is 0.143 e. The number of aryl methyl sites for hydroxylation is 2. The Hall–Kier alpha value is -2.60. The molecule has 0 aliphatic carbocycles. The largest absolute Gasteiger partial charge is 0.361 e. The number of pyridine rings is 1. The van der Waals surface area contributed by atoms with E-state index in [9.17, 15) is 0 Å². The molecule has 0 saturated carbocycles. The van der Waals surface area contributed by atoms with Gasteiger partial charge in [0.2, 0.25) is 0 Å². The number of hydrogen-bond acceptors (Lipinski definition) is 6. The minimum absolute atomic E-state index is 0.624. The molecule has 0 bridgehead atoms. The van der Waals surface area contributed by atoms with Crippen molar-refractivity contribution < 1.29 is 4.52 Å². The molecule has 0 unspecified atom stereocenters. The highest BCUT2D eigenvalue weighted by atomic mass is 16.5. The second kappa shape index (κ2) is 7.33. The summed E-state index contributed by atoms with van der Waals surface area (Å²) in [5, 5.41) is 4.04. The van der Waals surface area contributed by atoms with Crippen molar-refractivity contribution in [2.24, 2.45) is 5.92 Å². The third-order valence-corrected chi connectivity index (χ3v) is 4.97. The Morgan fingerprint density at radius 3 is 2.88 bits per heavy atom. The van der Waals surface area contributed by atoms with Crippen molar-refractivity contribution in [2.45, 2.75) is 33.2 Å². The van der Waals surface area contributed by atoms with Crippen LogP contribution in [0.1, 0.15) is 29.3 Å². The highest BCUT2D eigenvalue weighted by molar-refractivity contribution is 5.63. The summed E-state index contributed by atoms with van der Waals surface area (Å²) in [5.41, 5.74) is 5.03. The molecule has 1 aliphatic heterocycles. The lowest BCUT2D eigenvalue weighted by Crippen LogP contribution is -2.21. The van der Waals surface area contributed by atoms with Crippen molar-refractivity contribution in [2.75, 3.05) is 13.1 Å². The molecule has 1 aliphatic rings. The molecule has 1 saturated heterocycles. The molecular formula is C20H23N5O. The van der Waals surface area contributed by atoms with E-state index < -0.39 is 0 Å². The van der Waals surface area contributed by atoms with Gasteiger partial charge in [-0.15, -0.1) is 0 Å². The molecular weight excluding hydrogens is 326 g/mol. The zero-order valence-corrected chi connectivity index (χ0v) is 15.2. The van der Waals surface area contributed by atoms with Gasteiger partial charge in [0.05, 0.1) is 22.6 Å². The summed E-state index contributed by atoms with van der Waals surface area (Å²) < 4.78 is 5.29. The molecule has 1 atom stereocenters. The van der Waals surface area contributed by atoms with Crippen LogP contribution in [-0.4, -0.2) is 38.1 Å². The molecule has 0 aromatic carbocycles. The lowest BCUT2D eigenvalue weighted by Gasteiger charge is -2.15. The summed E-state index contributed by atoms with van der Waals surface area (Å²) in [7, 11) is 0. The first-order valence-electron chi connectivity index (χ1n) is 9.05. The Morgan fingerprint density at radius 2 is 2.12 bits per heavy atom. The fourth-order valence-corrected chi connectivity index (χ4v) is 3.74. The summed E-state index contributed by atoms with van der Waals surface area (Å²) >= 11 is 0. The van der Waals surface area contributed by atoms with Crippen molar-refractivity contribution in [1.82, 2.24) is 25.0 Å². The fourth-order valence-electron chi connectivity index (χ4n) is 3.74. The van der Waals surface area contributed by atoms with Gasteiger partial charge in [0.15, 0.2) is 0 Å². The first-order valence-corrected chi connectivity index (χ1v) is 9.05. The number of rotatable bonds is 5. The molecule has 0 radical (unpaired) electrons. The van der Waals surface area contributed by atoms with Crippen molar-refractivity contribution in [3.63, 3.8) is 0 Å². The second-order valence-electron chi connectivity index (χ2n) is 7.00. The minimum Gasteiger partial charge on any atom is -0.361 e. The monoisotopic (exact) mass is 349 g/mol. The minimum atomic E-state index is 0.624. The molecule has 3 aromatic rings. The molecule has 6 nitrogen and oxygen atoms in total. The van der Waals surface area contributed by atoms with E-state index in [1.807, 2.05) is 26.1 Å². The number of nitrogens with zero attached hydrogens (tertiary/aromatic N) is 5. The van der Waals surface area contributed by atoms with E-state index in [4.69, 9.17) is 9.51 Å². The third-order valence-electron chi connectivity index (χ3n) is 4.97. The van der Waals surface area contributed by atoms with Gasteiger partial charge in [-0.3, -0.25) is 19.9 Å². The van der Waals surface area contributed by atoms with E-state index in [0.29, 0.717) is 5.92 Å². The molecule has 26 heavy (non-hydrogen) atoms. The van der Waals surface area contributed by atoms with Crippen LogP contribution in [0.25, 0.3) is 11.3 Å². The Morgan fingerprint density at radius 1 is 1.19 bits per heavy atom. The highest BCUT2D eigenvalue weighted by Crippen LogP contribution is 2.27. The van der Waals surface area contributed by atoms with Gasteiger partial charge in [-0.2, -0.15) is 0 Å². The zero-order chi connectivity index (χ0) is 17.9. The van der Waals surface area contributed by atoms with Gasteiger partial charge in [0.25, 0.3) is 0 Å². The Kier molecular flexibility index (Phi) is 4.75. The van der Waals surface area contributed by atoms with Gasteiger partial charge in [0, 0.05) is 37.4 Å². The maximum atomic E-state index is 5.29. The van der Waals surface area contributed by atoms with Crippen molar-refractivity contribution in [1.29, 1.82) is 0 Å². The summed E-state index contributed by atoms with van der Waals surface area (Å²) in [4.78, 5) is 15.8. The third kappa shape index (κ3) is 3.65. The molecule has 1 fully saturated rings. The maximum Gasteiger partial charge on any atom is 0.143 e. The van der Waals surface area contributed by atoms with Crippen LogP contribution in [0.4, 0.5) is 0 Å². The fraction of sp³-hybridized carbons (Fsp3) is 0.400. The number of hydrogen-bond donors (Lipinski definition) is 0. The average Bonchev–Trinajstić information content (AvgIpc) is 3.22. The Labute approximate surface area is 153 Å². The van der Waals surface area contributed by atoms with Crippen LogP contribution >= 0.6 is 0 Å². The van der Waals surface area contributed by atoms with Crippen LogP contribution in [0.5, 0.6) is 0 Å². The molecule has 0 amide bonds. The average molecular weight is 349 g/mol. The standard InChI is InChI=1S/C20H23N5O/c1-14-20(15(2)26-24-14)19-5-3-4-17(23-19)10-16-6-9-25(12-16)13-18-11-21-7-8-22-18/h3-5,7-8,11,16H,6,9-10,12-13H2,1-2H3/t16-/m0/s1. The van der Waals surface area contributed by atoms with Crippen molar-refractivity contribution >= 4 is 0 Å². The van der Waals surface area contributed by atoms with Gasteiger partial charge in [-0.1, -0.05) is 11.2 Å². The van der Waals surface area contributed by atoms with Gasteiger partial charge < -0.3 is 4.52 Å². The molecule has 134 valence electrons. The van der Waals surface area contributed by atoms with Gasteiger partial charge in [-0.05, 0) is 51.3 Å². The zero-order valence-electron chi connectivity index (χ0n) is 15.2. The summed E-state index contributed by atoms with van der Waals surface area (Å²) in [6.07, 6.45) is 7.51. The van der Waals surface area contributed by atoms with Crippen LogP contribution in [-0.2, 0) is 13.0 Å². The van der Waals surface area contributed by atoms with Crippen molar-refractivity contribution in [3.05, 3.63) is 59.6 Å². The second-order valence-corrected chi connectivity index (χ2v) is 7.00. The van der Waals surface area contributed by atoms with E-state index in [1.165, 1.54) is 6.42 Å². The number of aromatic nitrogens is 4. The molecule has 4 rings (SSSR count). The summed E-state index contributed by atoms with van der Waals surface area (Å²) in [5.74, 6) is 1.45. The lowest BCUT2D eigenvalue weighted by atomic mass is 10.0. The van der Waals surface area contributed by atoms with E-state index >= 15 is 0 Å². The summed E-state index contributed by atoms with van der Waals surface area (Å²) in [6.45, 7) is 6.95. The molecule has 0 spiro atoms. The predicted octanol–water partition coefficient (Wildman–Crippen LogP) is 3.21. The van der Waals surface area contributed by atoms with Gasteiger partial charge in [-0.25, -0.2) is 0 Å². The van der Waals surface area contributed by atoms with E-state index in [2.05, 4.69) is 32.2 Å². The van der Waals surface area contributed by atoms with Crippen LogP contribution in [0.3, 0.4) is 0 Å². The van der Waals surface area contributed by atoms with Gasteiger partial charge >= 0.3 is 0 Å².